The molecule has 2 atom stereocenters. The summed E-state index contributed by atoms with van der Waals surface area (Å²) in [6.45, 7) is 11.1. The summed E-state index contributed by atoms with van der Waals surface area (Å²) in [5.41, 5.74) is 8.85. The highest BCUT2D eigenvalue weighted by molar-refractivity contribution is 5.90. The van der Waals surface area contributed by atoms with E-state index in [2.05, 4.69) is 77.0 Å². The second kappa shape index (κ2) is 7.29. The lowest BCUT2D eigenvalue weighted by molar-refractivity contribution is 0.266. The van der Waals surface area contributed by atoms with Crippen molar-refractivity contribution in [2.75, 3.05) is 24.5 Å². The summed E-state index contributed by atoms with van der Waals surface area (Å²) in [6.07, 6.45) is 4.80. The van der Waals surface area contributed by atoms with Crippen LogP contribution in [0.3, 0.4) is 0 Å². The number of pyridine rings is 2. The van der Waals surface area contributed by atoms with Crippen LogP contribution in [-0.2, 0) is 0 Å². The standard InChI is InChI=1S/C25H28N8/c1-14(2)22-23(19-12-33-25(27-13-28-33)16(4)15(19)3)29-20-5-6-21(30-24(20)22)32-11-17-9-18(32)10-31(17)8-7-26/h5-6,12-14,17-18,29H,8-11H2,1-4H3/t17-,18-/m1/s1. The van der Waals surface area contributed by atoms with Gasteiger partial charge in [-0.3, -0.25) is 4.90 Å². The van der Waals surface area contributed by atoms with Crippen LogP contribution in [0.25, 0.3) is 27.9 Å². The van der Waals surface area contributed by atoms with Crippen molar-refractivity contribution in [1.82, 2.24) is 29.5 Å². The van der Waals surface area contributed by atoms with Crippen molar-refractivity contribution < 1.29 is 0 Å². The Kier molecular flexibility index (Phi) is 4.46. The van der Waals surface area contributed by atoms with Crippen LogP contribution in [0, 0.1) is 25.2 Å². The first-order chi connectivity index (χ1) is 16.0. The number of anilines is 1. The number of fused-ring (bicyclic) bond motifs is 4. The minimum atomic E-state index is 0.309. The summed E-state index contributed by atoms with van der Waals surface area (Å²) in [6, 6.07) is 7.51. The third-order valence-corrected chi connectivity index (χ3v) is 7.56. The van der Waals surface area contributed by atoms with Gasteiger partial charge in [-0.25, -0.2) is 14.5 Å². The lowest BCUT2D eigenvalue weighted by Gasteiger charge is -2.33. The molecular formula is C25H28N8. The number of likely N-dealkylation sites (tertiary alicyclic amines) is 1. The van der Waals surface area contributed by atoms with Crippen LogP contribution in [0.5, 0.6) is 0 Å². The molecule has 33 heavy (non-hydrogen) atoms. The zero-order chi connectivity index (χ0) is 22.9. The van der Waals surface area contributed by atoms with Crippen LogP contribution in [0.2, 0.25) is 0 Å². The van der Waals surface area contributed by atoms with E-state index >= 15 is 0 Å². The molecule has 8 nitrogen and oxygen atoms in total. The minimum absolute atomic E-state index is 0.309. The molecule has 0 amide bonds. The van der Waals surface area contributed by atoms with Crippen LogP contribution in [-0.4, -0.2) is 61.2 Å². The Bertz CT molecular complexity index is 1420. The van der Waals surface area contributed by atoms with Gasteiger partial charge < -0.3 is 9.88 Å². The maximum Gasteiger partial charge on any atom is 0.158 e. The van der Waals surface area contributed by atoms with Crippen LogP contribution < -0.4 is 4.90 Å². The molecule has 0 aliphatic carbocycles. The van der Waals surface area contributed by atoms with Gasteiger partial charge in [0.1, 0.15) is 12.1 Å². The Balaban J connectivity index is 1.45. The minimum Gasteiger partial charge on any atom is -0.353 e. The highest BCUT2D eigenvalue weighted by Crippen LogP contribution is 2.39. The number of aromatic amines is 1. The van der Waals surface area contributed by atoms with Gasteiger partial charge in [-0.05, 0) is 49.4 Å². The molecule has 6 rings (SSSR count). The second-order valence-corrected chi connectivity index (χ2v) is 9.74. The first kappa shape index (κ1) is 20.2. The fourth-order valence-corrected chi connectivity index (χ4v) is 5.78. The lowest BCUT2D eigenvalue weighted by atomic mass is 9.95. The molecule has 0 saturated carbocycles. The number of nitriles is 1. The zero-order valence-corrected chi connectivity index (χ0v) is 19.5. The van der Waals surface area contributed by atoms with Gasteiger partial charge in [0.05, 0.1) is 29.3 Å². The molecular weight excluding hydrogens is 412 g/mol. The fourth-order valence-electron chi connectivity index (χ4n) is 5.78. The Morgan fingerprint density at radius 3 is 2.76 bits per heavy atom. The SMILES string of the molecule is Cc1c(-c2[nH]c3ccc(N4C[C@H]5C[C@@H]4CN5CC#N)nc3c2C(C)C)cn2ncnc2c1C. The first-order valence-corrected chi connectivity index (χ1v) is 11.7. The molecule has 2 aliphatic rings. The largest absolute Gasteiger partial charge is 0.353 e. The van der Waals surface area contributed by atoms with Crippen molar-refractivity contribution in [1.29, 1.82) is 5.26 Å². The van der Waals surface area contributed by atoms with E-state index in [4.69, 9.17) is 10.2 Å². The van der Waals surface area contributed by atoms with E-state index in [1.54, 1.807) is 6.33 Å². The number of nitrogens with zero attached hydrogens (tertiary/aromatic N) is 7. The van der Waals surface area contributed by atoms with Gasteiger partial charge in [-0.15, -0.1) is 0 Å². The molecule has 2 saturated heterocycles. The molecule has 1 N–H and O–H groups in total. The number of aryl methyl sites for hydroxylation is 1. The Morgan fingerprint density at radius 2 is 2.03 bits per heavy atom. The summed E-state index contributed by atoms with van der Waals surface area (Å²) in [7, 11) is 0. The van der Waals surface area contributed by atoms with Gasteiger partial charge in [-0.2, -0.15) is 10.4 Å². The van der Waals surface area contributed by atoms with Crippen molar-refractivity contribution in [2.45, 2.75) is 52.1 Å². The molecule has 2 bridgehead atoms. The summed E-state index contributed by atoms with van der Waals surface area (Å²) in [4.78, 5) is 18.0. The van der Waals surface area contributed by atoms with Crippen molar-refractivity contribution >= 4 is 22.5 Å². The maximum atomic E-state index is 9.09. The molecule has 0 radical (unpaired) electrons. The smallest absolute Gasteiger partial charge is 0.158 e. The monoisotopic (exact) mass is 440 g/mol. The highest BCUT2D eigenvalue weighted by atomic mass is 15.4. The molecule has 0 unspecified atom stereocenters. The van der Waals surface area contributed by atoms with Gasteiger partial charge in [0.25, 0.3) is 0 Å². The number of rotatable bonds is 4. The first-order valence-electron chi connectivity index (χ1n) is 11.7. The van der Waals surface area contributed by atoms with E-state index in [0.29, 0.717) is 24.5 Å². The molecule has 6 heterocycles. The number of nitrogens with one attached hydrogen (secondary N) is 1. The molecule has 4 aromatic heterocycles. The van der Waals surface area contributed by atoms with Gasteiger partial charge in [-0.1, -0.05) is 13.8 Å². The third-order valence-electron chi connectivity index (χ3n) is 7.56. The summed E-state index contributed by atoms with van der Waals surface area (Å²) >= 11 is 0. The molecule has 8 heteroatoms. The third kappa shape index (κ3) is 2.96. The molecule has 0 spiro atoms. The van der Waals surface area contributed by atoms with E-state index in [1.165, 1.54) is 11.1 Å². The maximum absolute atomic E-state index is 9.09. The van der Waals surface area contributed by atoms with E-state index in [9.17, 15) is 0 Å². The molecule has 2 fully saturated rings. The molecule has 168 valence electrons. The lowest BCUT2D eigenvalue weighted by Crippen LogP contribution is -2.46. The Hall–Kier alpha value is -3.44. The Labute approximate surface area is 192 Å². The normalized spacial score (nSPS) is 20.5. The van der Waals surface area contributed by atoms with Crippen molar-refractivity contribution in [3.63, 3.8) is 0 Å². The number of aromatic nitrogens is 5. The van der Waals surface area contributed by atoms with Crippen molar-refractivity contribution in [2.24, 2.45) is 0 Å². The average Bonchev–Trinajstić information content (AvgIpc) is 3.57. The topological polar surface area (TPSA) is 89.1 Å². The van der Waals surface area contributed by atoms with E-state index < -0.39 is 0 Å². The van der Waals surface area contributed by atoms with Gasteiger partial charge in [0.2, 0.25) is 0 Å². The summed E-state index contributed by atoms with van der Waals surface area (Å²) in [5, 5.41) is 13.5. The number of piperazine rings is 1. The van der Waals surface area contributed by atoms with Crippen LogP contribution in [0.1, 0.15) is 42.9 Å². The predicted molar refractivity (Wildman–Crippen MR) is 128 cm³/mol. The van der Waals surface area contributed by atoms with Gasteiger partial charge >= 0.3 is 0 Å². The highest BCUT2D eigenvalue weighted by Gasteiger charge is 2.43. The fraction of sp³-hybridized carbons (Fsp3) is 0.440. The molecule has 2 aliphatic heterocycles. The van der Waals surface area contributed by atoms with Gasteiger partial charge in [0.15, 0.2) is 5.65 Å². The van der Waals surface area contributed by atoms with Crippen LogP contribution in [0.4, 0.5) is 5.82 Å². The number of hydrogen-bond acceptors (Lipinski definition) is 6. The van der Waals surface area contributed by atoms with E-state index in [0.717, 1.165) is 58.8 Å². The quantitative estimate of drug-likeness (QED) is 0.486. The average molecular weight is 441 g/mol. The zero-order valence-electron chi connectivity index (χ0n) is 19.5. The Morgan fingerprint density at radius 1 is 1.18 bits per heavy atom. The second-order valence-electron chi connectivity index (χ2n) is 9.74. The summed E-state index contributed by atoms with van der Waals surface area (Å²) < 4.78 is 1.86. The molecule has 0 aromatic carbocycles. The molecule has 4 aromatic rings. The predicted octanol–water partition coefficient (Wildman–Crippen LogP) is 3.80. The van der Waals surface area contributed by atoms with Crippen LogP contribution >= 0.6 is 0 Å². The number of H-pyrrole nitrogens is 1. The van der Waals surface area contributed by atoms with Crippen molar-refractivity contribution in [3.05, 3.63) is 41.3 Å². The van der Waals surface area contributed by atoms with E-state index in [-0.39, 0.29) is 0 Å². The van der Waals surface area contributed by atoms with E-state index in [1.807, 2.05) is 4.52 Å². The summed E-state index contributed by atoms with van der Waals surface area (Å²) in [5.74, 6) is 1.35. The number of hydrogen-bond donors (Lipinski definition) is 1. The van der Waals surface area contributed by atoms with Crippen molar-refractivity contribution in [3.8, 4) is 17.3 Å². The van der Waals surface area contributed by atoms with Crippen LogP contribution in [0.15, 0.2) is 24.7 Å². The van der Waals surface area contributed by atoms with Gasteiger partial charge in [0, 0.05) is 42.5 Å².